The highest BCUT2D eigenvalue weighted by Gasteiger charge is 2.33. The maximum atomic E-state index is 12.9. The Morgan fingerprint density at radius 1 is 1.44 bits per heavy atom. The van der Waals surface area contributed by atoms with Gasteiger partial charge < -0.3 is 5.11 Å². The molecule has 0 fully saturated rings. The molecular weight excluding hydrogens is 301 g/mol. The summed E-state index contributed by atoms with van der Waals surface area (Å²) in [4.78, 5) is 3.94. The Kier molecular flexibility index (Phi) is 3.49. The van der Waals surface area contributed by atoms with E-state index < -0.39 is 11.4 Å². The van der Waals surface area contributed by atoms with Crippen molar-refractivity contribution in [1.29, 1.82) is 0 Å². The average molecular weight is 314 g/mol. The van der Waals surface area contributed by atoms with E-state index in [1.165, 1.54) is 12.1 Å². The molecule has 0 saturated heterocycles. The fourth-order valence-electron chi connectivity index (χ4n) is 1.87. The second-order valence-electron chi connectivity index (χ2n) is 4.09. The first-order valence-electron chi connectivity index (χ1n) is 5.53. The first-order chi connectivity index (χ1) is 8.46. The van der Waals surface area contributed by atoms with Crippen LogP contribution in [0.1, 0.15) is 25.2 Å². The minimum absolute atomic E-state index is 0.375. The van der Waals surface area contributed by atoms with Crippen molar-refractivity contribution in [2.75, 3.05) is 0 Å². The number of halogens is 2. The van der Waals surface area contributed by atoms with Gasteiger partial charge in [0.1, 0.15) is 11.4 Å². The van der Waals surface area contributed by atoms with Crippen LogP contribution >= 0.6 is 15.9 Å². The molecule has 0 aromatic carbocycles. The van der Waals surface area contributed by atoms with E-state index in [4.69, 9.17) is 0 Å². The number of hydrogen-bond acceptors (Lipinski definition) is 3. The molecule has 1 unspecified atom stereocenters. The van der Waals surface area contributed by atoms with Crippen LogP contribution in [0.25, 0.3) is 0 Å². The Bertz CT molecular complexity index is 551. The van der Waals surface area contributed by atoms with Crippen LogP contribution in [-0.4, -0.2) is 19.9 Å². The van der Waals surface area contributed by atoms with Crippen molar-refractivity contribution in [3.63, 3.8) is 0 Å². The monoisotopic (exact) mass is 313 g/mol. The maximum Gasteiger partial charge on any atom is 0.146 e. The second kappa shape index (κ2) is 4.78. The molecule has 0 aliphatic carbocycles. The van der Waals surface area contributed by atoms with Crippen molar-refractivity contribution in [2.45, 2.75) is 26.0 Å². The minimum atomic E-state index is -1.33. The summed E-state index contributed by atoms with van der Waals surface area (Å²) in [7, 11) is 0. The SMILES string of the molecule is CCn1ncc(Br)c1C(C)(O)c1ccc(F)cn1. The smallest absolute Gasteiger partial charge is 0.146 e. The zero-order valence-electron chi connectivity index (χ0n) is 10.1. The van der Waals surface area contributed by atoms with Crippen LogP contribution in [0, 0.1) is 5.82 Å². The lowest BCUT2D eigenvalue weighted by Crippen LogP contribution is -2.28. The zero-order chi connectivity index (χ0) is 13.3. The largest absolute Gasteiger partial charge is 0.377 e. The lowest BCUT2D eigenvalue weighted by atomic mass is 9.97. The minimum Gasteiger partial charge on any atom is -0.377 e. The number of aryl methyl sites for hydroxylation is 1. The summed E-state index contributed by atoms with van der Waals surface area (Å²) < 4.78 is 15.2. The standard InChI is InChI=1S/C12H13BrFN3O/c1-3-17-11(9(13)7-16-17)12(2,18)10-5-4-8(14)6-15-10/h4-7,18H,3H2,1-2H3. The first kappa shape index (κ1) is 13.2. The highest BCUT2D eigenvalue weighted by Crippen LogP contribution is 2.32. The molecule has 1 atom stereocenters. The van der Waals surface area contributed by atoms with E-state index in [-0.39, 0.29) is 0 Å². The van der Waals surface area contributed by atoms with Gasteiger partial charge in [-0.1, -0.05) is 0 Å². The van der Waals surface area contributed by atoms with Crippen LogP contribution in [0.4, 0.5) is 4.39 Å². The van der Waals surface area contributed by atoms with Gasteiger partial charge in [0.2, 0.25) is 0 Å². The molecule has 2 aromatic heterocycles. The lowest BCUT2D eigenvalue weighted by Gasteiger charge is -2.24. The van der Waals surface area contributed by atoms with Crippen molar-refractivity contribution < 1.29 is 9.50 Å². The van der Waals surface area contributed by atoms with Crippen molar-refractivity contribution >= 4 is 15.9 Å². The summed E-state index contributed by atoms with van der Waals surface area (Å²) in [6, 6.07) is 2.74. The first-order valence-corrected chi connectivity index (χ1v) is 6.32. The molecule has 6 heteroatoms. The van der Waals surface area contributed by atoms with Gasteiger partial charge >= 0.3 is 0 Å². The topological polar surface area (TPSA) is 50.9 Å². The third-order valence-corrected chi connectivity index (χ3v) is 3.36. The van der Waals surface area contributed by atoms with E-state index in [1.807, 2.05) is 6.92 Å². The molecule has 2 rings (SSSR count). The van der Waals surface area contributed by atoms with E-state index in [0.717, 1.165) is 6.20 Å². The third kappa shape index (κ3) is 2.18. The normalized spacial score (nSPS) is 14.5. The van der Waals surface area contributed by atoms with Crippen LogP contribution in [0.2, 0.25) is 0 Å². The molecule has 4 nitrogen and oxygen atoms in total. The number of aliphatic hydroxyl groups is 1. The number of pyridine rings is 1. The Labute approximate surface area is 113 Å². The molecule has 1 N–H and O–H groups in total. The summed E-state index contributed by atoms with van der Waals surface area (Å²) >= 11 is 3.36. The average Bonchev–Trinajstić information content (AvgIpc) is 2.71. The summed E-state index contributed by atoms with van der Waals surface area (Å²) in [5.41, 5.74) is -0.358. The summed E-state index contributed by atoms with van der Waals surface area (Å²) in [6.45, 7) is 4.16. The molecule has 0 aliphatic rings. The van der Waals surface area contributed by atoms with E-state index in [9.17, 15) is 9.50 Å². The van der Waals surface area contributed by atoms with Gasteiger partial charge in [-0.2, -0.15) is 5.10 Å². The van der Waals surface area contributed by atoms with Crippen molar-refractivity contribution in [2.24, 2.45) is 0 Å². The van der Waals surface area contributed by atoms with Crippen LogP contribution in [0.5, 0.6) is 0 Å². The Morgan fingerprint density at radius 3 is 2.72 bits per heavy atom. The lowest BCUT2D eigenvalue weighted by molar-refractivity contribution is 0.0861. The number of aromatic nitrogens is 3. The number of nitrogens with zero attached hydrogens (tertiary/aromatic N) is 3. The zero-order valence-corrected chi connectivity index (χ0v) is 11.6. The molecule has 2 heterocycles. The van der Waals surface area contributed by atoms with E-state index >= 15 is 0 Å². The van der Waals surface area contributed by atoms with Gasteiger partial charge in [-0.15, -0.1) is 0 Å². The van der Waals surface area contributed by atoms with Crippen molar-refractivity contribution in [1.82, 2.24) is 14.8 Å². The fourth-order valence-corrected chi connectivity index (χ4v) is 2.55. The Hall–Kier alpha value is -1.27. The maximum absolute atomic E-state index is 12.9. The van der Waals surface area contributed by atoms with Crippen LogP contribution in [0.15, 0.2) is 29.0 Å². The van der Waals surface area contributed by atoms with Gasteiger partial charge in [0.25, 0.3) is 0 Å². The second-order valence-corrected chi connectivity index (χ2v) is 4.95. The van der Waals surface area contributed by atoms with E-state index in [2.05, 4.69) is 26.0 Å². The predicted molar refractivity (Wildman–Crippen MR) is 68.5 cm³/mol. The molecular formula is C12H13BrFN3O. The summed E-state index contributed by atoms with van der Waals surface area (Å²) in [6.07, 6.45) is 2.71. The molecule has 96 valence electrons. The molecule has 2 aromatic rings. The Morgan fingerprint density at radius 2 is 2.17 bits per heavy atom. The molecule has 18 heavy (non-hydrogen) atoms. The predicted octanol–water partition coefficient (Wildman–Crippen LogP) is 2.46. The van der Waals surface area contributed by atoms with Crippen LogP contribution in [0.3, 0.4) is 0 Å². The Balaban J connectivity index is 2.53. The molecule has 0 spiro atoms. The molecule has 0 radical (unpaired) electrons. The number of hydrogen-bond donors (Lipinski definition) is 1. The van der Waals surface area contributed by atoms with Gasteiger partial charge in [0.15, 0.2) is 0 Å². The molecule has 0 aliphatic heterocycles. The van der Waals surface area contributed by atoms with E-state index in [0.29, 0.717) is 22.4 Å². The third-order valence-electron chi connectivity index (χ3n) is 2.78. The van der Waals surface area contributed by atoms with E-state index in [1.54, 1.807) is 17.8 Å². The highest BCUT2D eigenvalue weighted by molar-refractivity contribution is 9.10. The van der Waals surface area contributed by atoms with Crippen molar-refractivity contribution in [3.05, 3.63) is 46.2 Å². The van der Waals surface area contributed by atoms with Gasteiger partial charge in [-0.3, -0.25) is 9.67 Å². The van der Waals surface area contributed by atoms with Gasteiger partial charge in [-0.05, 0) is 41.9 Å². The van der Waals surface area contributed by atoms with Crippen LogP contribution < -0.4 is 0 Å². The fraction of sp³-hybridized carbons (Fsp3) is 0.333. The quantitative estimate of drug-likeness (QED) is 0.947. The molecule has 0 amide bonds. The number of rotatable bonds is 3. The van der Waals surface area contributed by atoms with Gasteiger partial charge in [-0.25, -0.2) is 4.39 Å². The van der Waals surface area contributed by atoms with Crippen LogP contribution in [-0.2, 0) is 12.1 Å². The summed E-state index contributed by atoms with van der Waals surface area (Å²) in [5.74, 6) is -0.433. The molecule has 0 saturated carbocycles. The van der Waals surface area contributed by atoms with Gasteiger partial charge in [0.05, 0.1) is 28.3 Å². The van der Waals surface area contributed by atoms with Crippen molar-refractivity contribution in [3.8, 4) is 0 Å². The van der Waals surface area contributed by atoms with Gasteiger partial charge in [0, 0.05) is 6.54 Å². The molecule has 0 bridgehead atoms. The summed E-state index contributed by atoms with van der Waals surface area (Å²) in [5, 5.41) is 14.8. The highest BCUT2D eigenvalue weighted by atomic mass is 79.9.